The normalized spacial score (nSPS) is 10.2. The highest BCUT2D eigenvalue weighted by molar-refractivity contribution is 5.45. The van der Waals surface area contributed by atoms with E-state index in [9.17, 15) is 10.1 Å². The van der Waals surface area contributed by atoms with Crippen LogP contribution in [-0.2, 0) is 0 Å². The molecule has 1 aromatic heterocycles. The Bertz CT molecular complexity index is 673. The number of nitro groups is 1. The zero-order chi connectivity index (χ0) is 15.4. The molecule has 0 amide bonds. The van der Waals surface area contributed by atoms with Gasteiger partial charge in [0.2, 0.25) is 11.8 Å². The fourth-order valence-corrected chi connectivity index (χ4v) is 1.85. The van der Waals surface area contributed by atoms with E-state index < -0.39 is 4.92 Å². The third-order valence-electron chi connectivity index (χ3n) is 2.75. The predicted octanol–water partition coefficient (Wildman–Crippen LogP) is 3.23. The second kappa shape index (κ2) is 6.17. The molecule has 0 saturated heterocycles. The van der Waals surface area contributed by atoms with Crippen LogP contribution >= 0.6 is 0 Å². The Morgan fingerprint density at radius 3 is 2.67 bits per heavy atom. The molecule has 0 spiro atoms. The van der Waals surface area contributed by atoms with Crippen molar-refractivity contribution in [3.05, 3.63) is 45.6 Å². The number of aromatic nitrogens is 2. The summed E-state index contributed by atoms with van der Waals surface area (Å²) < 4.78 is 5.65. The Labute approximate surface area is 122 Å². The van der Waals surface area contributed by atoms with E-state index in [2.05, 4.69) is 15.3 Å². The summed E-state index contributed by atoms with van der Waals surface area (Å²) in [6.07, 6.45) is 0. The highest BCUT2D eigenvalue weighted by Crippen LogP contribution is 2.26. The fraction of sp³-hybridized carbons (Fsp3) is 0.286. The number of nitrogens with one attached hydrogen (secondary N) is 1. The summed E-state index contributed by atoms with van der Waals surface area (Å²) in [6.45, 7) is 6.17. The van der Waals surface area contributed by atoms with Crippen LogP contribution < -0.4 is 10.1 Å². The molecule has 1 heterocycles. The third-order valence-corrected chi connectivity index (χ3v) is 2.75. The zero-order valence-corrected chi connectivity index (χ0v) is 12.1. The molecule has 2 rings (SSSR count). The molecule has 0 fully saturated rings. The van der Waals surface area contributed by atoms with Gasteiger partial charge in [0, 0.05) is 29.9 Å². The van der Waals surface area contributed by atoms with Gasteiger partial charge in [0.05, 0.1) is 4.92 Å². The number of anilines is 1. The minimum absolute atomic E-state index is 0.0644. The average molecular weight is 288 g/mol. The topological polar surface area (TPSA) is 90.2 Å². The van der Waals surface area contributed by atoms with Crippen LogP contribution in [0.15, 0.2) is 24.3 Å². The quantitative estimate of drug-likeness (QED) is 0.671. The van der Waals surface area contributed by atoms with Crippen LogP contribution in [0.1, 0.15) is 18.2 Å². The van der Waals surface area contributed by atoms with Crippen LogP contribution in [0.2, 0.25) is 0 Å². The minimum Gasteiger partial charge on any atom is -0.439 e. The lowest BCUT2D eigenvalue weighted by atomic mass is 10.2. The molecular formula is C14H16N4O3. The number of ether oxygens (including phenoxy) is 1. The number of aryl methyl sites for hydroxylation is 2. The minimum atomic E-state index is -0.419. The molecule has 0 atom stereocenters. The summed E-state index contributed by atoms with van der Waals surface area (Å²) in [4.78, 5) is 18.8. The van der Waals surface area contributed by atoms with Crippen LogP contribution in [0.25, 0.3) is 0 Å². The van der Waals surface area contributed by atoms with Gasteiger partial charge in [-0.2, -0.15) is 4.98 Å². The molecule has 0 aliphatic carbocycles. The van der Waals surface area contributed by atoms with E-state index in [0.717, 1.165) is 5.69 Å². The van der Waals surface area contributed by atoms with Crippen molar-refractivity contribution in [2.45, 2.75) is 20.8 Å². The zero-order valence-electron chi connectivity index (χ0n) is 12.1. The largest absolute Gasteiger partial charge is 0.439 e. The second-order valence-electron chi connectivity index (χ2n) is 4.51. The van der Waals surface area contributed by atoms with Crippen molar-refractivity contribution in [3.8, 4) is 11.6 Å². The number of benzene rings is 1. The van der Waals surface area contributed by atoms with Crippen molar-refractivity contribution in [2.75, 3.05) is 11.9 Å². The van der Waals surface area contributed by atoms with E-state index >= 15 is 0 Å². The van der Waals surface area contributed by atoms with Crippen molar-refractivity contribution in [2.24, 2.45) is 0 Å². The SMILES string of the molecule is CCNc1nc(C)cc(Oc2ccc([N+](=O)[O-])c(C)c2)n1. The molecule has 0 bridgehead atoms. The lowest BCUT2D eigenvalue weighted by Crippen LogP contribution is -2.04. The van der Waals surface area contributed by atoms with Crippen LogP contribution in [0.5, 0.6) is 11.6 Å². The van der Waals surface area contributed by atoms with Gasteiger partial charge < -0.3 is 10.1 Å². The van der Waals surface area contributed by atoms with E-state index in [4.69, 9.17) is 4.74 Å². The van der Waals surface area contributed by atoms with Crippen molar-refractivity contribution in [1.29, 1.82) is 0 Å². The van der Waals surface area contributed by atoms with Gasteiger partial charge in [-0.15, -0.1) is 0 Å². The summed E-state index contributed by atoms with van der Waals surface area (Å²) in [5, 5.41) is 13.8. The Balaban J connectivity index is 2.25. The molecule has 0 radical (unpaired) electrons. The van der Waals surface area contributed by atoms with E-state index in [1.54, 1.807) is 25.1 Å². The molecule has 7 nitrogen and oxygen atoms in total. The highest BCUT2D eigenvalue weighted by atomic mass is 16.6. The molecule has 0 saturated carbocycles. The first kappa shape index (κ1) is 14.7. The van der Waals surface area contributed by atoms with Crippen molar-refractivity contribution < 1.29 is 9.66 Å². The molecule has 7 heteroatoms. The summed E-state index contributed by atoms with van der Waals surface area (Å²) >= 11 is 0. The van der Waals surface area contributed by atoms with E-state index in [1.165, 1.54) is 6.07 Å². The van der Waals surface area contributed by atoms with Crippen molar-refractivity contribution in [1.82, 2.24) is 9.97 Å². The lowest BCUT2D eigenvalue weighted by Gasteiger charge is -2.08. The van der Waals surface area contributed by atoms with Crippen LogP contribution in [0, 0.1) is 24.0 Å². The maximum absolute atomic E-state index is 10.8. The van der Waals surface area contributed by atoms with Crippen LogP contribution in [-0.4, -0.2) is 21.4 Å². The third kappa shape index (κ3) is 3.65. The van der Waals surface area contributed by atoms with E-state index in [-0.39, 0.29) is 5.69 Å². The smallest absolute Gasteiger partial charge is 0.272 e. The first-order valence-corrected chi connectivity index (χ1v) is 6.52. The fourth-order valence-electron chi connectivity index (χ4n) is 1.85. The van der Waals surface area contributed by atoms with Gasteiger partial charge in [-0.1, -0.05) is 0 Å². The van der Waals surface area contributed by atoms with Gasteiger partial charge in [-0.25, -0.2) is 4.98 Å². The highest BCUT2D eigenvalue weighted by Gasteiger charge is 2.11. The Morgan fingerprint density at radius 1 is 1.29 bits per heavy atom. The molecule has 1 aromatic carbocycles. The summed E-state index contributed by atoms with van der Waals surface area (Å²) in [6, 6.07) is 6.29. The molecule has 1 N–H and O–H groups in total. The van der Waals surface area contributed by atoms with Crippen LogP contribution in [0.4, 0.5) is 11.6 Å². The Hall–Kier alpha value is -2.70. The average Bonchev–Trinajstić information content (AvgIpc) is 2.37. The van der Waals surface area contributed by atoms with Gasteiger partial charge in [0.1, 0.15) is 5.75 Å². The van der Waals surface area contributed by atoms with Crippen molar-refractivity contribution >= 4 is 11.6 Å². The Kier molecular flexibility index (Phi) is 4.32. The first-order valence-electron chi connectivity index (χ1n) is 6.52. The second-order valence-corrected chi connectivity index (χ2v) is 4.51. The number of nitrogens with zero attached hydrogens (tertiary/aromatic N) is 3. The first-order chi connectivity index (χ1) is 9.99. The predicted molar refractivity (Wildman–Crippen MR) is 78.8 cm³/mol. The van der Waals surface area contributed by atoms with Gasteiger partial charge in [-0.05, 0) is 32.9 Å². The number of hydrogen-bond donors (Lipinski definition) is 1. The van der Waals surface area contributed by atoms with Gasteiger partial charge in [0.15, 0.2) is 0 Å². The molecule has 21 heavy (non-hydrogen) atoms. The standard InChI is InChI=1S/C14H16N4O3/c1-4-15-14-16-10(3)8-13(17-14)21-11-5-6-12(18(19)20)9(2)7-11/h5-8H,4H2,1-3H3,(H,15,16,17). The summed E-state index contributed by atoms with van der Waals surface area (Å²) in [7, 11) is 0. The monoisotopic (exact) mass is 288 g/mol. The van der Waals surface area contributed by atoms with Gasteiger partial charge in [-0.3, -0.25) is 10.1 Å². The van der Waals surface area contributed by atoms with Crippen LogP contribution in [0.3, 0.4) is 0 Å². The summed E-state index contributed by atoms with van der Waals surface area (Å²) in [5.41, 5.74) is 1.37. The van der Waals surface area contributed by atoms with Crippen molar-refractivity contribution in [3.63, 3.8) is 0 Å². The number of hydrogen-bond acceptors (Lipinski definition) is 6. The number of nitro benzene ring substituents is 1. The van der Waals surface area contributed by atoms with Gasteiger partial charge in [0.25, 0.3) is 5.69 Å². The molecule has 2 aromatic rings. The van der Waals surface area contributed by atoms with E-state index in [0.29, 0.717) is 29.7 Å². The Morgan fingerprint density at radius 2 is 2.05 bits per heavy atom. The molecule has 0 aliphatic heterocycles. The summed E-state index contributed by atoms with van der Waals surface area (Å²) in [5.74, 6) is 1.39. The maximum Gasteiger partial charge on any atom is 0.272 e. The molecule has 0 unspecified atom stereocenters. The molecular weight excluding hydrogens is 272 g/mol. The van der Waals surface area contributed by atoms with E-state index in [1.807, 2.05) is 13.8 Å². The lowest BCUT2D eigenvalue weighted by molar-refractivity contribution is -0.385. The maximum atomic E-state index is 10.8. The molecule has 110 valence electrons. The number of rotatable bonds is 5. The van der Waals surface area contributed by atoms with Gasteiger partial charge >= 0.3 is 0 Å². The molecule has 0 aliphatic rings.